The van der Waals surface area contributed by atoms with Crippen molar-refractivity contribution in [2.24, 2.45) is 0 Å². The largest absolute Gasteiger partial charge is 0.468 e. The zero-order chi connectivity index (χ0) is 20.6. The Labute approximate surface area is 165 Å². The van der Waals surface area contributed by atoms with E-state index in [1.807, 2.05) is 19.9 Å². The molecule has 1 unspecified atom stereocenters. The van der Waals surface area contributed by atoms with Crippen molar-refractivity contribution >= 4 is 15.9 Å². The highest BCUT2D eigenvalue weighted by Gasteiger charge is 2.21. The molecule has 1 amide bonds. The minimum atomic E-state index is -3.78. The van der Waals surface area contributed by atoms with E-state index in [2.05, 4.69) is 14.9 Å². The molecule has 0 bridgehead atoms. The molecule has 154 valence electrons. The highest BCUT2D eigenvalue weighted by atomic mass is 32.2. The lowest BCUT2D eigenvalue weighted by molar-refractivity contribution is -0.121. The maximum atomic E-state index is 12.9. The SMILES string of the molecule is CCN(CC)C(CNC(=O)CCNS(=O)(=O)c1ccc(F)cc1)c1ccco1. The van der Waals surface area contributed by atoms with Gasteiger partial charge in [0, 0.05) is 19.5 Å². The number of sulfonamides is 1. The molecule has 9 heteroatoms. The number of hydrogen-bond acceptors (Lipinski definition) is 5. The van der Waals surface area contributed by atoms with Gasteiger partial charge in [-0.25, -0.2) is 17.5 Å². The van der Waals surface area contributed by atoms with Gasteiger partial charge in [-0.2, -0.15) is 0 Å². The third-order valence-corrected chi connectivity index (χ3v) is 5.86. The summed E-state index contributed by atoms with van der Waals surface area (Å²) in [5.74, 6) is -0.0239. The second-order valence-corrected chi connectivity index (χ2v) is 7.93. The summed E-state index contributed by atoms with van der Waals surface area (Å²) >= 11 is 0. The number of benzene rings is 1. The summed E-state index contributed by atoms with van der Waals surface area (Å²) in [6.07, 6.45) is 1.58. The number of carbonyl (C=O) groups excluding carboxylic acids is 1. The van der Waals surface area contributed by atoms with Crippen LogP contribution in [0.5, 0.6) is 0 Å². The third-order valence-electron chi connectivity index (χ3n) is 4.39. The van der Waals surface area contributed by atoms with E-state index in [1.54, 1.807) is 12.3 Å². The lowest BCUT2D eigenvalue weighted by Crippen LogP contribution is -2.38. The number of nitrogens with zero attached hydrogens (tertiary/aromatic N) is 1. The van der Waals surface area contributed by atoms with Gasteiger partial charge in [0.2, 0.25) is 15.9 Å². The van der Waals surface area contributed by atoms with E-state index in [0.717, 1.165) is 31.0 Å². The molecule has 2 aromatic rings. The molecule has 1 aromatic carbocycles. The van der Waals surface area contributed by atoms with Gasteiger partial charge in [0.05, 0.1) is 17.2 Å². The summed E-state index contributed by atoms with van der Waals surface area (Å²) in [5.41, 5.74) is 0. The van der Waals surface area contributed by atoms with Crippen LogP contribution in [0.15, 0.2) is 52.0 Å². The van der Waals surface area contributed by atoms with Gasteiger partial charge in [0.25, 0.3) is 0 Å². The molecular weight excluding hydrogens is 385 g/mol. The van der Waals surface area contributed by atoms with E-state index in [9.17, 15) is 17.6 Å². The first-order valence-corrected chi connectivity index (χ1v) is 10.6. The first-order valence-electron chi connectivity index (χ1n) is 9.16. The average molecular weight is 411 g/mol. The van der Waals surface area contributed by atoms with Crippen molar-refractivity contribution < 1.29 is 22.0 Å². The van der Waals surface area contributed by atoms with Gasteiger partial charge in [0.15, 0.2) is 0 Å². The van der Waals surface area contributed by atoms with Crippen LogP contribution in [0.4, 0.5) is 4.39 Å². The summed E-state index contributed by atoms with van der Waals surface area (Å²) in [5, 5.41) is 2.83. The van der Waals surface area contributed by atoms with Gasteiger partial charge in [-0.05, 0) is 49.5 Å². The Kier molecular flexibility index (Phi) is 8.16. The first-order chi connectivity index (χ1) is 13.4. The van der Waals surface area contributed by atoms with Crippen LogP contribution in [-0.2, 0) is 14.8 Å². The Bertz CT molecular complexity index is 835. The van der Waals surface area contributed by atoms with Crippen molar-refractivity contribution in [2.45, 2.75) is 31.2 Å². The van der Waals surface area contributed by atoms with E-state index in [4.69, 9.17) is 4.42 Å². The Hall–Kier alpha value is -2.23. The van der Waals surface area contributed by atoms with E-state index in [0.29, 0.717) is 6.54 Å². The first kappa shape index (κ1) is 22.1. The van der Waals surface area contributed by atoms with Crippen LogP contribution in [0.1, 0.15) is 32.1 Å². The molecule has 0 saturated heterocycles. The molecular formula is C19H26FN3O4S. The standard InChI is InChI=1S/C19H26FN3O4S/c1-3-23(4-2)17(18-6-5-13-27-18)14-21-19(24)11-12-22-28(25,26)16-9-7-15(20)8-10-16/h5-10,13,17,22H,3-4,11-12,14H2,1-2H3,(H,21,24). The second-order valence-electron chi connectivity index (χ2n) is 6.16. The van der Waals surface area contributed by atoms with Crippen molar-refractivity contribution in [2.75, 3.05) is 26.2 Å². The van der Waals surface area contributed by atoms with Gasteiger partial charge in [-0.1, -0.05) is 13.8 Å². The number of amides is 1. The van der Waals surface area contributed by atoms with Crippen molar-refractivity contribution in [3.8, 4) is 0 Å². The molecule has 2 rings (SSSR count). The number of halogens is 1. The number of likely N-dealkylation sites (N-methyl/N-ethyl adjacent to an activating group) is 1. The molecule has 7 nitrogen and oxygen atoms in total. The van der Waals surface area contributed by atoms with Crippen molar-refractivity contribution in [3.05, 3.63) is 54.2 Å². The Morgan fingerprint density at radius 1 is 1.18 bits per heavy atom. The van der Waals surface area contributed by atoms with E-state index in [1.165, 1.54) is 12.1 Å². The molecule has 0 saturated carbocycles. The molecule has 0 spiro atoms. The van der Waals surface area contributed by atoms with Crippen LogP contribution < -0.4 is 10.0 Å². The van der Waals surface area contributed by atoms with Crippen molar-refractivity contribution in [1.29, 1.82) is 0 Å². The van der Waals surface area contributed by atoms with Crippen LogP contribution in [0.2, 0.25) is 0 Å². The molecule has 0 aliphatic carbocycles. The van der Waals surface area contributed by atoms with Gasteiger partial charge in [0.1, 0.15) is 11.6 Å². The smallest absolute Gasteiger partial charge is 0.240 e. The fourth-order valence-corrected chi connectivity index (χ4v) is 3.88. The average Bonchev–Trinajstić information content (AvgIpc) is 3.19. The van der Waals surface area contributed by atoms with E-state index < -0.39 is 15.8 Å². The molecule has 0 radical (unpaired) electrons. The molecule has 1 heterocycles. The fraction of sp³-hybridized carbons (Fsp3) is 0.421. The third kappa shape index (κ3) is 6.15. The quantitative estimate of drug-likeness (QED) is 0.592. The molecule has 0 aliphatic rings. The van der Waals surface area contributed by atoms with E-state index >= 15 is 0 Å². The fourth-order valence-electron chi connectivity index (χ4n) is 2.85. The Morgan fingerprint density at radius 2 is 1.86 bits per heavy atom. The molecule has 2 N–H and O–H groups in total. The summed E-state index contributed by atoms with van der Waals surface area (Å²) in [7, 11) is -3.78. The Morgan fingerprint density at radius 3 is 2.43 bits per heavy atom. The highest BCUT2D eigenvalue weighted by molar-refractivity contribution is 7.89. The summed E-state index contributed by atoms with van der Waals surface area (Å²) in [4.78, 5) is 14.3. The van der Waals surface area contributed by atoms with Gasteiger partial charge >= 0.3 is 0 Å². The van der Waals surface area contributed by atoms with Crippen LogP contribution in [0.3, 0.4) is 0 Å². The molecule has 0 aliphatic heterocycles. The molecule has 1 atom stereocenters. The van der Waals surface area contributed by atoms with Crippen molar-refractivity contribution in [3.63, 3.8) is 0 Å². The number of rotatable bonds is 11. The van der Waals surface area contributed by atoms with Crippen LogP contribution >= 0.6 is 0 Å². The lowest BCUT2D eigenvalue weighted by Gasteiger charge is -2.28. The van der Waals surface area contributed by atoms with E-state index in [-0.39, 0.29) is 29.8 Å². The van der Waals surface area contributed by atoms with Gasteiger partial charge in [-0.3, -0.25) is 9.69 Å². The monoisotopic (exact) mass is 411 g/mol. The van der Waals surface area contributed by atoms with Gasteiger partial charge in [-0.15, -0.1) is 0 Å². The molecule has 0 fully saturated rings. The predicted octanol–water partition coefficient (Wildman–Crippen LogP) is 2.29. The summed E-state index contributed by atoms with van der Waals surface area (Å²) in [6, 6.07) is 8.08. The maximum absolute atomic E-state index is 12.9. The topological polar surface area (TPSA) is 91.7 Å². The maximum Gasteiger partial charge on any atom is 0.240 e. The number of carbonyl (C=O) groups is 1. The minimum Gasteiger partial charge on any atom is -0.468 e. The molecule has 28 heavy (non-hydrogen) atoms. The van der Waals surface area contributed by atoms with Crippen LogP contribution in [0.25, 0.3) is 0 Å². The summed E-state index contributed by atoms with van der Waals surface area (Å²) in [6.45, 7) is 5.97. The summed E-state index contributed by atoms with van der Waals surface area (Å²) < 4.78 is 45.0. The number of nitrogens with one attached hydrogen (secondary N) is 2. The minimum absolute atomic E-state index is 0.0104. The number of furan rings is 1. The van der Waals surface area contributed by atoms with Crippen LogP contribution in [-0.4, -0.2) is 45.4 Å². The highest BCUT2D eigenvalue weighted by Crippen LogP contribution is 2.20. The zero-order valence-electron chi connectivity index (χ0n) is 16.0. The number of hydrogen-bond donors (Lipinski definition) is 2. The predicted molar refractivity (Wildman–Crippen MR) is 104 cm³/mol. The zero-order valence-corrected chi connectivity index (χ0v) is 16.8. The van der Waals surface area contributed by atoms with Gasteiger partial charge < -0.3 is 9.73 Å². The Balaban J connectivity index is 1.85. The lowest BCUT2D eigenvalue weighted by atomic mass is 10.2. The molecule has 1 aromatic heterocycles. The second kappa shape index (κ2) is 10.4. The van der Waals surface area contributed by atoms with Crippen molar-refractivity contribution in [1.82, 2.24) is 14.9 Å². The normalized spacial score (nSPS) is 12.9. The van der Waals surface area contributed by atoms with Crippen LogP contribution in [0, 0.1) is 5.82 Å².